The number of amides is 1. The lowest BCUT2D eigenvalue weighted by atomic mass is 9.85. The van der Waals surface area contributed by atoms with E-state index in [0.29, 0.717) is 17.4 Å². The van der Waals surface area contributed by atoms with Gasteiger partial charge in [0.05, 0.1) is 11.6 Å². The van der Waals surface area contributed by atoms with Gasteiger partial charge in [0.1, 0.15) is 5.82 Å². The molecule has 1 aromatic carbocycles. The Morgan fingerprint density at radius 1 is 1.14 bits per heavy atom. The summed E-state index contributed by atoms with van der Waals surface area (Å²) >= 11 is 0. The molecule has 0 bridgehead atoms. The smallest absolute Gasteiger partial charge is 0.255 e. The van der Waals surface area contributed by atoms with Crippen molar-refractivity contribution in [3.63, 3.8) is 0 Å². The Bertz CT molecular complexity index is 854. The second kappa shape index (κ2) is 7.28. The maximum Gasteiger partial charge on any atom is 0.255 e. The summed E-state index contributed by atoms with van der Waals surface area (Å²) in [6.07, 6.45) is 7.38. The molecule has 2 aromatic rings. The van der Waals surface area contributed by atoms with Crippen LogP contribution in [0.15, 0.2) is 48.8 Å². The zero-order chi connectivity index (χ0) is 19.1. The Balaban J connectivity index is 1.42. The van der Waals surface area contributed by atoms with E-state index in [4.69, 9.17) is 0 Å². The fraction of sp³-hybridized carbons (Fsp3) is 0.478. The maximum absolute atomic E-state index is 14.0. The Labute approximate surface area is 165 Å². The molecule has 2 aliphatic heterocycles. The van der Waals surface area contributed by atoms with Crippen LogP contribution in [0.25, 0.3) is 0 Å². The normalized spacial score (nSPS) is 27.6. The first-order valence-electron chi connectivity index (χ1n) is 10.4. The molecule has 1 aliphatic carbocycles. The van der Waals surface area contributed by atoms with Crippen molar-refractivity contribution >= 4 is 5.91 Å². The van der Waals surface area contributed by atoms with Crippen molar-refractivity contribution in [1.82, 2.24) is 14.8 Å². The van der Waals surface area contributed by atoms with Crippen LogP contribution in [-0.4, -0.2) is 46.9 Å². The van der Waals surface area contributed by atoms with Crippen molar-refractivity contribution < 1.29 is 9.18 Å². The van der Waals surface area contributed by atoms with Gasteiger partial charge in [0.2, 0.25) is 0 Å². The van der Waals surface area contributed by atoms with Gasteiger partial charge in [-0.3, -0.25) is 9.78 Å². The third-order valence-electron chi connectivity index (χ3n) is 6.84. The zero-order valence-corrected chi connectivity index (χ0v) is 16.0. The number of pyridine rings is 1. The topological polar surface area (TPSA) is 36.4 Å². The Kier molecular flexibility index (Phi) is 4.63. The molecule has 1 saturated carbocycles. The van der Waals surface area contributed by atoms with E-state index < -0.39 is 0 Å². The molecule has 146 valence electrons. The first-order valence-corrected chi connectivity index (χ1v) is 10.4. The van der Waals surface area contributed by atoms with Crippen molar-refractivity contribution in [2.45, 2.75) is 25.3 Å². The fourth-order valence-electron chi connectivity index (χ4n) is 5.31. The lowest BCUT2D eigenvalue weighted by Crippen LogP contribution is -2.37. The van der Waals surface area contributed by atoms with Crippen LogP contribution in [0.5, 0.6) is 0 Å². The molecule has 5 rings (SSSR count). The van der Waals surface area contributed by atoms with E-state index in [1.807, 2.05) is 17.0 Å². The van der Waals surface area contributed by atoms with Gasteiger partial charge in [-0.05, 0) is 54.5 Å². The number of nitrogens with zero attached hydrogens (tertiary/aromatic N) is 3. The first kappa shape index (κ1) is 17.8. The molecule has 3 fully saturated rings. The van der Waals surface area contributed by atoms with E-state index in [1.54, 1.807) is 30.6 Å². The van der Waals surface area contributed by atoms with Crippen LogP contribution < -0.4 is 0 Å². The minimum atomic E-state index is -0.237. The summed E-state index contributed by atoms with van der Waals surface area (Å²) in [6, 6.07) is 10.3. The summed E-state index contributed by atoms with van der Waals surface area (Å²) in [5.41, 5.74) is 1.52. The Morgan fingerprint density at radius 2 is 2.04 bits per heavy atom. The maximum atomic E-state index is 14.0. The third kappa shape index (κ3) is 3.22. The second-order valence-electron chi connectivity index (χ2n) is 8.64. The van der Waals surface area contributed by atoms with E-state index in [2.05, 4.69) is 9.88 Å². The predicted octanol–water partition coefficient (Wildman–Crippen LogP) is 3.77. The van der Waals surface area contributed by atoms with Crippen LogP contribution in [0.1, 0.15) is 41.2 Å². The number of hydrogen-bond donors (Lipinski definition) is 0. The minimum Gasteiger partial charge on any atom is -0.331 e. The molecule has 3 heterocycles. The van der Waals surface area contributed by atoms with Gasteiger partial charge in [0.15, 0.2) is 0 Å². The van der Waals surface area contributed by atoms with E-state index in [9.17, 15) is 9.18 Å². The summed E-state index contributed by atoms with van der Waals surface area (Å²) in [6.45, 7) is 3.96. The van der Waals surface area contributed by atoms with Crippen LogP contribution in [-0.2, 0) is 0 Å². The summed E-state index contributed by atoms with van der Waals surface area (Å²) in [5, 5.41) is 0. The fourth-order valence-corrected chi connectivity index (χ4v) is 5.31. The number of halogens is 1. The molecular weight excluding hydrogens is 353 g/mol. The summed E-state index contributed by atoms with van der Waals surface area (Å²) in [5.74, 6) is 1.43. The third-order valence-corrected chi connectivity index (χ3v) is 6.84. The molecule has 1 amide bonds. The average Bonchev–Trinajstić information content (AvgIpc) is 3.22. The molecule has 0 unspecified atom stereocenters. The van der Waals surface area contributed by atoms with E-state index in [-0.39, 0.29) is 17.8 Å². The number of carbonyl (C=O) groups excluding carboxylic acids is 1. The SMILES string of the molecule is O=C(c1cccnc1)N1C[C@@H]2CN(CC3CCC3)C[C@@H]2[C@H]1c1cccc(F)c1. The largest absolute Gasteiger partial charge is 0.331 e. The molecule has 0 N–H and O–H groups in total. The zero-order valence-electron chi connectivity index (χ0n) is 16.0. The van der Waals surface area contributed by atoms with Gasteiger partial charge in [-0.1, -0.05) is 18.6 Å². The average molecular weight is 379 g/mol. The molecule has 4 nitrogen and oxygen atoms in total. The number of benzene rings is 1. The lowest BCUT2D eigenvalue weighted by molar-refractivity contribution is 0.0694. The number of rotatable bonds is 4. The number of likely N-dealkylation sites (tertiary alicyclic amines) is 2. The molecule has 0 radical (unpaired) electrons. The van der Waals surface area contributed by atoms with Gasteiger partial charge in [0.25, 0.3) is 5.91 Å². The van der Waals surface area contributed by atoms with Crippen molar-refractivity contribution in [2.24, 2.45) is 17.8 Å². The second-order valence-corrected chi connectivity index (χ2v) is 8.64. The quantitative estimate of drug-likeness (QED) is 0.811. The molecule has 2 saturated heterocycles. The molecular formula is C23H26FN3O. The molecule has 1 aromatic heterocycles. The van der Waals surface area contributed by atoms with Gasteiger partial charge in [-0.15, -0.1) is 0 Å². The van der Waals surface area contributed by atoms with Crippen LogP contribution in [0.4, 0.5) is 4.39 Å². The molecule has 3 aliphatic rings. The summed E-state index contributed by atoms with van der Waals surface area (Å²) in [4.78, 5) is 21.9. The predicted molar refractivity (Wildman–Crippen MR) is 105 cm³/mol. The highest BCUT2D eigenvalue weighted by Gasteiger charge is 2.49. The molecule has 3 atom stereocenters. The van der Waals surface area contributed by atoms with E-state index in [0.717, 1.165) is 31.1 Å². The van der Waals surface area contributed by atoms with Crippen LogP contribution >= 0.6 is 0 Å². The Hall–Kier alpha value is -2.27. The molecule has 5 heteroatoms. The molecule has 28 heavy (non-hydrogen) atoms. The highest BCUT2D eigenvalue weighted by Crippen LogP contribution is 2.46. The van der Waals surface area contributed by atoms with Crippen molar-refractivity contribution in [2.75, 3.05) is 26.2 Å². The van der Waals surface area contributed by atoms with Gasteiger partial charge in [-0.2, -0.15) is 0 Å². The summed E-state index contributed by atoms with van der Waals surface area (Å²) < 4.78 is 14.0. The highest BCUT2D eigenvalue weighted by molar-refractivity contribution is 5.94. The van der Waals surface area contributed by atoms with Crippen molar-refractivity contribution in [3.05, 3.63) is 65.7 Å². The highest BCUT2D eigenvalue weighted by atomic mass is 19.1. The van der Waals surface area contributed by atoms with Gasteiger partial charge >= 0.3 is 0 Å². The standard InChI is InChI=1S/C23H26FN3O/c24-20-8-2-6-17(10-20)22-21-15-26(12-16-4-1-5-16)13-19(21)14-27(22)23(28)18-7-3-9-25-11-18/h2-3,6-11,16,19,21-22H,1,4-5,12-15H2/t19-,21-,22+/m0/s1. The van der Waals surface area contributed by atoms with Gasteiger partial charge < -0.3 is 9.80 Å². The Morgan fingerprint density at radius 3 is 2.75 bits per heavy atom. The van der Waals surface area contributed by atoms with Crippen LogP contribution in [0.2, 0.25) is 0 Å². The first-order chi connectivity index (χ1) is 13.7. The molecule has 0 spiro atoms. The lowest BCUT2D eigenvalue weighted by Gasteiger charge is -2.33. The van der Waals surface area contributed by atoms with Crippen molar-refractivity contribution in [1.29, 1.82) is 0 Å². The van der Waals surface area contributed by atoms with E-state index >= 15 is 0 Å². The minimum absolute atomic E-state index is 0.00213. The van der Waals surface area contributed by atoms with E-state index in [1.165, 1.54) is 31.9 Å². The number of hydrogen-bond acceptors (Lipinski definition) is 3. The number of carbonyl (C=O) groups is 1. The van der Waals surface area contributed by atoms with Crippen LogP contribution in [0, 0.1) is 23.6 Å². The van der Waals surface area contributed by atoms with Gasteiger partial charge in [-0.25, -0.2) is 4.39 Å². The monoisotopic (exact) mass is 379 g/mol. The summed E-state index contributed by atoms with van der Waals surface area (Å²) in [7, 11) is 0. The van der Waals surface area contributed by atoms with Crippen LogP contribution in [0.3, 0.4) is 0 Å². The van der Waals surface area contributed by atoms with Gasteiger partial charge in [0, 0.05) is 44.5 Å². The number of fused-ring (bicyclic) bond motifs is 1. The van der Waals surface area contributed by atoms with Crippen molar-refractivity contribution in [3.8, 4) is 0 Å². The number of aromatic nitrogens is 1.